The van der Waals surface area contributed by atoms with Gasteiger partial charge in [-0.1, -0.05) is 32.4 Å². The summed E-state index contributed by atoms with van der Waals surface area (Å²) in [7, 11) is 0. The van der Waals surface area contributed by atoms with Crippen LogP contribution in [0.4, 0.5) is 13.2 Å². The number of hydrogen-bond acceptors (Lipinski definition) is 2. The van der Waals surface area contributed by atoms with E-state index in [-0.39, 0.29) is 23.0 Å². The van der Waals surface area contributed by atoms with Crippen LogP contribution in [0.1, 0.15) is 37.9 Å². The lowest BCUT2D eigenvalue weighted by atomic mass is 9.82. The standard InChI is InChI=1S/C13H17ClF3NO.ClH/c1-12(2,3)11(19)10(18)7-4-8(13(15,16)17)6-9(14)5-7;/h4-6,10-11,19H,18H2,1-3H3;1H/t10-,11-;/m1./s1. The second-order valence-electron chi connectivity index (χ2n) is 5.61. The number of rotatable bonds is 2. The molecule has 0 aliphatic carbocycles. The van der Waals surface area contributed by atoms with Crippen LogP contribution in [0.2, 0.25) is 5.02 Å². The molecule has 7 heteroatoms. The molecule has 116 valence electrons. The number of aliphatic hydroxyl groups excluding tert-OH is 1. The summed E-state index contributed by atoms with van der Waals surface area (Å²) >= 11 is 5.68. The molecule has 20 heavy (non-hydrogen) atoms. The number of halogens is 5. The van der Waals surface area contributed by atoms with E-state index in [9.17, 15) is 18.3 Å². The van der Waals surface area contributed by atoms with E-state index in [1.165, 1.54) is 6.07 Å². The predicted molar refractivity (Wildman–Crippen MR) is 76.1 cm³/mol. The second-order valence-corrected chi connectivity index (χ2v) is 6.04. The normalized spacial score (nSPS) is 15.4. The lowest BCUT2D eigenvalue weighted by Crippen LogP contribution is -2.37. The maximum absolute atomic E-state index is 12.7. The monoisotopic (exact) mass is 331 g/mol. The summed E-state index contributed by atoms with van der Waals surface area (Å²) in [5.74, 6) is 0. The molecular weight excluding hydrogens is 314 g/mol. The molecule has 0 saturated carbocycles. The van der Waals surface area contributed by atoms with Gasteiger partial charge in [0.05, 0.1) is 17.7 Å². The molecule has 3 N–H and O–H groups in total. The van der Waals surface area contributed by atoms with E-state index in [4.69, 9.17) is 17.3 Å². The highest BCUT2D eigenvalue weighted by Gasteiger charge is 2.34. The number of nitrogens with two attached hydrogens (primary N) is 1. The number of hydrogen-bond donors (Lipinski definition) is 2. The molecule has 1 aromatic carbocycles. The van der Waals surface area contributed by atoms with Crippen molar-refractivity contribution < 1.29 is 18.3 Å². The molecule has 0 saturated heterocycles. The molecule has 1 rings (SSSR count). The van der Waals surface area contributed by atoms with Gasteiger partial charge in [0, 0.05) is 5.02 Å². The van der Waals surface area contributed by atoms with Gasteiger partial charge in [-0.15, -0.1) is 12.4 Å². The van der Waals surface area contributed by atoms with E-state index >= 15 is 0 Å². The lowest BCUT2D eigenvalue weighted by molar-refractivity contribution is -0.137. The quantitative estimate of drug-likeness (QED) is 0.853. The third-order valence-electron chi connectivity index (χ3n) is 2.86. The molecule has 0 radical (unpaired) electrons. The topological polar surface area (TPSA) is 46.2 Å². The van der Waals surface area contributed by atoms with Gasteiger partial charge in [-0.25, -0.2) is 0 Å². The molecule has 0 heterocycles. The number of aliphatic hydroxyl groups is 1. The zero-order valence-electron chi connectivity index (χ0n) is 11.3. The second kappa shape index (κ2) is 6.52. The Kier molecular flexibility index (Phi) is 6.36. The summed E-state index contributed by atoms with van der Waals surface area (Å²) in [6, 6.07) is 2.17. The summed E-state index contributed by atoms with van der Waals surface area (Å²) < 4.78 is 38.1. The Hall–Kier alpha value is -0.490. The SMILES string of the molecule is CC(C)(C)[C@H](O)[C@H](N)c1cc(Cl)cc(C(F)(F)F)c1.Cl. The molecular formula is C13H18Cl2F3NO. The van der Waals surface area contributed by atoms with E-state index in [0.717, 1.165) is 12.1 Å². The van der Waals surface area contributed by atoms with Crippen molar-refractivity contribution in [1.82, 2.24) is 0 Å². The Morgan fingerprint density at radius 2 is 1.65 bits per heavy atom. The zero-order valence-corrected chi connectivity index (χ0v) is 12.9. The Balaban J connectivity index is 0.00000361. The van der Waals surface area contributed by atoms with E-state index in [2.05, 4.69) is 0 Å². The summed E-state index contributed by atoms with van der Waals surface area (Å²) in [5, 5.41) is 9.99. The molecule has 2 nitrogen and oxygen atoms in total. The first kappa shape index (κ1) is 19.5. The minimum atomic E-state index is -4.49. The Labute approximate surface area is 127 Å². The van der Waals surface area contributed by atoms with Crippen LogP contribution >= 0.6 is 24.0 Å². The fraction of sp³-hybridized carbons (Fsp3) is 0.538. The van der Waals surface area contributed by atoms with Gasteiger partial charge >= 0.3 is 6.18 Å². The van der Waals surface area contributed by atoms with Crippen LogP contribution in [-0.2, 0) is 6.18 Å². The maximum Gasteiger partial charge on any atom is 0.416 e. The minimum absolute atomic E-state index is 0. The van der Waals surface area contributed by atoms with Crippen LogP contribution in [0.5, 0.6) is 0 Å². The predicted octanol–water partition coefficient (Wildman–Crippen LogP) is 4.19. The van der Waals surface area contributed by atoms with Crippen molar-refractivity contribution in [3.05, 3.63) is 34.3 Å². The summed E-state index contributed by atoms with van der Waals surface area (Å²) in [6.07, 6.45) is -5.47. The molecule has 0 bridgehead atoms. The van der Waals surface area contributed by atoms with Crippen LogP contribution in [0, 0.1) is 5.41 Å². The highest BCUT2D eigenvalue weighted by atomic mass is 35.5. The molecule has 0 spiro atoms. The Morgan fingerprint density at radius 3 is 2.05 bits per heavy atom. The van der Waals surface area contributed by atoms with Gasteiger partial charge in [-0.2, -0.15) is 13.2 Å². The van der Waals surface area contributed by atoms with Gasteiger partial charge < -0.3 is 10.8 Å². The lowest BCUT2D eigenvalue weighted by Gasteiger charge is -2.31. The van der Waals surface area contributed by atoms with E-state index in [1.54, 1.807) is 20.8 Å². The van der Waals surface area contributed by atoms with Crippen LogP contribution in [0.3, 0.4) is 0 Å². The fourth-order valence-corrected chi connectivity index (χ4v) is 1.93. The number of alkyl halides is 3. The molecule has 0 fully saturated rings. The van der Waals surface area contributed by atoms with Gasteiger partial charge in [0.1, 0.15) is 0 Å². The molecule has 0 aromatic heterocycles. The van der Waals surface area contributed by atoms with E-state index < -0.39 is 29.3 Å². The highest BCUT2D eigenvalue weighted by Crippen LogP contribution is 2.35. The van der Waals surface area contributed by atoms with Crippen molar-refractivity contribution in [2.45, 2.75) is 39.1 Å². The smallest absolute Gasteiger partial charge is 0.391 e. The molecule has 1 aromatic rings. The first-order valence-corrected chi connectivity index (χ1v) is 6.12. The maximum atomic E-state index is 12.7. The van der Waals surface area contributed by atoms with Crippen molar-refractivity contribution in [2.24, 2.45) is 11.1 Å². The molecule has 0 amide bonds. The molecule has 0 aliphatic rings. The van der Waals surface area contributed by atoms with Gasteiger partial charge in [-0.3, -0.25) is 0 Å². The van der Waals surface area contributed by atoms with Gasteiger partial charge in [-0.05, 0) is 29.2 Å². The summed E-state index contributed by atoms with van der Waals surface area (Å²) in [4.78, 5) is 0. The average Bonchev–Trinajstić information content (AvgIpc) is 2.23. The van der Waals surface area contributed by atoms with Crippen molar-refractivity contribution >= 4 is 24.0 Å². The largest absolute Gasteiger partial charge is 0.416 e. The molecule has 0 aliphatic heterocycles. The average molecular weight is 332 g/mol. The summed E-state index contributed by atoms with van der Waals surface area (Å²) in [6.45, 7) is 5.27. The van der Waals surface area contributed by atoms with Crippen LogP contribution in [-0.4, -0.2) is 11.2 Å². The van der Waals surface area contributed by atoms with Crippen molar-refractivity contribution in [3.8, 4) is 0 Å². The summed E-state index contributed by atoms with van der Waals surface area (Å²) in [5.41, 5.74) is 4.59. The molecule has 2 atom stereocenters. The minimum Gasteiger partial charge on any atom is -0.391 e. The highest BCUT2D eigenvalue weighted by molar-refractivity contribution is 6.30. The van der Waals surface area contributed by atoms with Gasteiger partial charge in [0.15, 0.2) is 0 Å². The molecule has 0 unspecified atom stereocenters. The van der Waals surface area contributed by atoms with Crippen molar-refractivity contribution in [3.63, 3.8) is 0 Å². The number of benzene rings is 1. The van der Waals surface area contributed by atoms with E-state index in [1.807, 2.05) is 0 Å². The fourth-order valence-electron chi connectivity index (χ4n) is 1.69. The van der Waals surface area contributed by atoms with Crippen LogP contribution in [0.15, 0.2) is 18.2 Å². The third kappa shape index (κ3) is 4.81. The first-order chi connectivity index (χ1) is 8.43. The third-order valence-corrected chi connectivity index (χ3v) is 3.08. The van der Waals surface area contributed by atoms with Crippen LogP contribution in [0.25, 0.3) is 0 Å². The Morgan fingerprint density at radius 1 is 1.15 bits per heavy atom. The Bertz CT molecular complexity index is 458. The van der Waals surface area contributed by atoms with Gasteiger partial charge in [0.25, 0.3) is 0 Å². The zero-order chi connectivity index (χ0) is 15.0. The first-order valence-electron chi connectivity index (χ1n) is 5.74. The van der Waals surface area contributed by atoms with Crippen molar-refractivity contribution in [2.75, 3.05) is 0 Å². The van der Waals surface area contributed by atoms with E-state index in [0.29, 0.717) is 0 Å². The van der Waals surface area contributed by atoms with Crippen molar-refractivity contribution in [1.29, 1.82) is 0 Å². The van der Waals surface area contributed by atoms with Crippen LogP contribution < -0.4 is 5.73 Å². The van der Waals surface area contributed by atoms with Gasteiger partial charge in [0.2, 0.25) is 0 Å².